The number of hydrogen-bond acceptors (Lipinski definition) is 4. The molecule has 2 aromatic rings. The van der Waals surface area contributed by atoms with Crippen LogP contribution in [0.5, 0.6) is 0 Å². The smallest absolute Gasteiger partial charge is 0.272 e. The van der Waals surface area contributed by atoms with Gasteiger partial charge in [0.1, 0.15) is 11.5 Å². The molecule has 1 atom stereocenters. The number of nitrogens with one attached hydrogen (secondary N) is 1. The van der Waals surface area contributed by atoms with Crippen molar-refractivity contribution in [3.05, 3.63) is 35.7 Å². The summed E-state index contributed by atoms with van der Waals surface area (Å²) in [5, 5.41) is 4.32. The quantitative estimate of drug-likeness (QED) is 0.925. The van der Waals surface area contributed by atoms with E-state index in [-0.39, 0.29) is 11.9 Å². The van der Waals surface area contributed by atoms with Crippen LogP contribution in [0, 0.1) is 6.92 Å². The van der Waals surface area contributed by atoms with E-state index in [0.717, 1.165) is 24.5 Å². The van der Waals surface area contributed by atoms with Gasteiger partial charge in [-0.3, -0.25) is 9.48 Å². The predicted octanol–water partition coefficient (Wildman–Crippen LogP) is 1.37. The zero-order chi connectivity index (χ0) is 15.5. The average molecular weight is 303 g/mol. The second-order valence-electron chi connectivity index (χ2n) is 5.46. The Morgan fingerprint density at radius 3 is 3.14 bits per heavy atom. The Labute approximate surface area is 129 Å². The van der Waals surface area contributed by atoms with Crippen LogP contribution < -0.4 is 0 Å². The van der Waals surface area contributed by atoms with Crippen molar-refractivity contribution in [1.29, 1.82) is 0 Å². The van der Waals surface area contributed by atoms with Crippen molar-refractivity contribution in [2.75, 3.05) is 13.2 Å². The van der Waals surface area contributed by atoms with E-state index in [1.807, 2.05) is 29.5 Å². The maximum Gasteiger partial charge on any atom is 0.272 e. The Morgan fingerprint density at radius 1 is 1.55 bits per heavy atom. The fourth-order valence-electron chi connectivity index (χ4n) is 2.78. The van der Waals surface area contributed by atoms with Gasteiger partial charge in [0.05, 0.1) is 31.1 Å². The van der Waals surface area contributed by atoms with Crippen LogP contribution in [0.2, 0.25) is 0 Å². The van der Waals surface area contributed by atoms with Gasteiger partial charge in [0.25, 0.3) is 5.91 Å². The monoisotopic (exact) mass is 303 g/mol. The van der Waals surface area contributed by atoms with Crippen LogP contribution in [0.3, 0.4) is 0 Å². The molecule has 1 aliphatic rings. The van der Waals surface area contributed by atoms with Gasteiger partial charge < -0.3 is 14.6 Å². The first-order valence-electron chi connectivity index (χ1n) is 7.60. The number of fused-ring (bicyclic) bond motifs is 1. The third-order valence-electron chi connectivity index (χ3n) is 3.96. The lowest BCUT2D eigenvalue weighted by molar-refractivity contribution is 0.0418. The molecule has 3 heterocycles. The van der Waals surface area contributed by atoms with Gasteiger partial charge in [-0.25, -0.2) is 4.98 Å². The summed E-state index contributed by atoms with van der Waals surface area (Å²) in [4.78, 5) is 21.9. The van der Waals surface area contributed by atoms with Gasteiger partial charge in [-0.15, -0.1) is 0 Å². The molecule has 1 N–H and O–H groups in total. The van der Waals surface area contributed by atoms with Gasteiger partial charge in [0.15, 0.2) is 0 Å². The number of carbonyl (C=O) groups excluding carboxylic acids is 1. The molecule has 0 radical (unpaired) electrons. The molecule has 2 aromatic heterocycles. The molecule has 0 unspecified atom stereocenters. The number of rotatable bonds is 4. The molecular formula is C15H21N5O2. The van der Waals surface area contributed by atoms with Crippen molar-refractivity contribution < 1.29 is 9.53 Å². The number of aryl methyl sites for hydroxylation is 2. The van der Waals surface area contributed by atoms with E-state index in [2.05, 4.69) is 15.1 Å². The Bertz CT molecular complexity index is 648. The molecular weight excluding hydrogens is 282 g/mol. The van der Waals surface area contributed by atoms with E-state index < -0.39 is 0 Å². The zero-order valence-corrected chi connectivity index (χ0v) is 13.0. The molecule has 0 spiro atoms. The summed E-state index contributed by atoms with van der Waals surface area (Å²) in [6.07, 6.45) is 4.20. The summed E-state index contributed by atoms with van der Waals surface area (Å²) >= 11 is 0. The Morgan fingerprint density at radius 2 is 2.41 bits per heavy atom. The zero-order valence-electron chi connectivity index (χ0n) is 13.0. The van der Waals surface area contributed by atoms with Crippen LogP contribution in [-0.4, -0.2) is 49.8 Å². The number of ether oxygens (including phenoxy) is 1. The van der Waals surface area contributed by atoms with Crippen LogP contribution in [0.1, 0.15) is 35.4 Å². The molecule has 7 heteroatoms. The number of imidazole rings is 1. The number of amides is 1. The van der Waals surface area contributed by atoms with E-state index in [0.29, 0.717) is 25.5 Å². The largest absolute Gasteiger partial charge is 0.380 e. The van der Waals surface area contributed by atoms with E-state index in [1.165, 1.54) is 0 Å². The summed E-state index contributed by atoms with van der Waals surface area (Å²) < 4.78 is 7.54. The summed E-state index contributed by atoms with van der Waals surface area (Å²) in [5.41, 5.74) is 1.57. The topological polar surface area (TPSA) is 76.0 Å². The first kappa shape index (κ1) is 14.8. The van der Waals surface area contributed by atoms with Gasteiger partial charge in [-0.1, -0.05) is 0 Å². The van der Waals surface area contributed by atoms with E-state index >= 15 is 0 Å². The van der Waals surface area contributed by atoms with E-state index in [4.69, 9.17) is 4.74 Å². The minimum absolute atomic E-state index is 0.0396. The van der Waals surface area contributed by atoms with Crippen LogP contribution in [0.4, 0.5) is 0 Å². The van der Waals surface area contributed by atoms with Gasteiger partial charge in [0, 0.05) is 19.3 Å². The van der Waals surface area contributed by atoms with Crippen molar-refractivity contribution in [2.24, 2.45) is 0 Å². The Kier molecular flexibility index (Phi) is 4.24. The summed E-state index contributed by atoms with van der Waals surface area (Å²) in [6.45, 7) is 6.32. The number of aromatic amines is 1. The third-order valence-corrected chi connectivity index (χ3v) is 3.96. The lowest BCUT2D eigenvalue weighted by atomic mass is 10.1. The van der Waals surface area contributed by atoms with Crippen LogP contribution in [0.15, 0.2) is 18.5 Å². The third kappa shape index (κ3) is 2.89. The highest BCUT2D eigenvalue weighted by Crippen LogP contribution is 2.20. The number of H-pyrrole nitrogens is 1. The van der Waals surface area contributed by atoms with Crippen molar-refractivity contribution in [2.45, 2.75) is 39.4 Å². The minimum Gasteiger partial charge on any atom is -0.380 e. The number of hydrogen-bond donors (Lipinski definition) is 1. The fraction of sp³-hybridized carbons (Fsp3) is 0.533. The van der Waals surface area contributed by atoms with Crippen molar-refractivity contribution in [1.82, 2.24) is 24.6 Å². The van der Waals surface area contributed by atoms with Gasteiger partial charge in [-0.05, 0) is 26.3 Å². The standard InChI is InChI=1S/C15H21N5O2/c1-3-22-10-13-5-7-20-12(4-6-17-20)9-19(13)15(21)14-8-16-11(2)18-14/h4,6,8,13H,3,5,7,9-10H2,1-2H3,(H,16,18)/t13-/m1/s1. The highest BCUT2D eigenvalue weighted by Gasteiger charge is 2.29. The summed E-state index contributed by atoms with van der Waals surface area (Å²) in [6, 6.07) is 2.00. The maximum absolute atomic E-state index is 12.8. The van der Waals surface area contributed by atoms with Crippen molar-refractivity contribution in [3.8, 4) is 0 Å². The number of nitrogens with zero attached hydrogens (tertiary/aromatic N) is 4. The highest BCUT2D eigenvalue weighted by molar-refractivity contribution is 5.92. The van der Waals surface area contributed by atoms with Crippen LogP contribution in [0.25, 0.3) is 0 Å². The SMILES string of the molecule is CCOC[C@H]1CCn2nccc2CN1C(=O)c1cnc(C)[nH]1. The fourth-order valence-corrected chi connectivity index (χ4v) is 2.78. The Balaban J connectivity index is 1.86. The second kappa shape index (κ2) is 6.31. The van der Waals surface area contributed by atoms with E-state index in [1.54, 1.807) is 12.4 Å². The van der Waals surface area contributed by atoms with Gasteiger partial charge in [0.2, 0.25) is 0 Å². The molecule has 3 rings (SSSR count). The summed E-state index contributed by atoms with van der Waals surface area (Å²) in [7, 11) is 0. The van der Waals surface area contributed by atoms with Gasteiger partial charge in [-0.2, -0.15) is 5.10 Å². The molecule has 7 nitrogen and oxygen atoms in total. The second-order valence-corrected chi connectivity index (χ2v) is 5.46. The maximum atomic E-state index is 12.8. The molecule has 22 heavy (non-hydrogen) atoms. The average Bonchev–Trinajstić information content (AvgIpc) is 3.10. The molecule has 0 aromatic carbocycles. The van der Waals surface area contributed by atoms with Crippen LogP contribution >= 0.6 is 0 Å². The molecule has 1 aliphatic heterocycles. The van der Waals surface area contributed by atoms with Crippen LogP contribution in [-0.2, 0) is 17.8 Å². The minimum atomic E-state index is -0.0417. The number of carbonyl (C=O) groups is 1. The van der Waals surface area contributed by atoms with E-state index in [9.17, 15) is 4.79 Å². The molecule has 1 amide bonds. The summed E-state index contributed by atoms with van der Waals surface area (Å²) in [5.74, 6) is 0.699. The lowest BCUT2D eigenvalue weighted by Crippen LogP contribution is -2.42. The molecule has 0 fully saturated rings. The predicted molar refractivity (Wildman–Crippen MR) is 80.3 cm³/mol. The first-order valence-corrected chi connectivity index (χ1v) is 7.60. The first-order chi connectivity index (χ1) is 10.7. The van der Waals surface area contributed by atoms with Crippen molar-refractivity contribution in [3.63, 3.8) is 0 Å². The lowest BCUT2D eigenvalue weighted by Gasteiger charge is -2.29. The van der Waals surface area contributed by atoms with Gasteiger partial charge >= 0.3 is 0 Å². The molecule has 0 saturated heterocycles. The molecule has 0 bridgehead atoms. The normalized spacial score (nSPS) is 18.1. The highest BCUT2D eigenvalue weighted by atomic mass is 16.5. The molecule has 118 valence electrons. The Hall–Kier alpha value is -2.15. The molecule has 0 saturated carbocycles. The number of aromatic nitrogens is 4. The van der Waals surface area contributed by atoms with Crippen molar-refractivity contribution >= 4 is 5.91 Å². The molecule has 0 aliphatic carbocycles.